The van der Waals surface area contributed by atoms with Crippen LogP contribution in [0, 0.1) is 5.92 Å². The van der Waals surface area contributed by atoms with Gasteiger partial charge in [0, 0.05) is 24.1 Å². The average Bonchev–Trinajstić information content (AvgIpc) is 2.82. The largest absolute Gasteiger partial charge is 0.440 e. The Bertz CT molecular complexity index is 604. The first-order valence-corrected chi connectivity index (χ1v) is 6.87. The Morgan fingerprint density at radius 1 is 1.35 bits per heavy atom. The van der Waals surface area contributed by atoms with Crippen LogP contribution >= 0.6 is 0 Å². The predicted molar refractivity (Wildman–Crippen MR) is 79.8 cm³/mol. The maximum atomic E-state index is 12.0. The molecular formula is C15H21N3O2. The number of hydrogen-bond acceptors (Lipinski definition) is 4. The molecule has 1 unspecified atom stereocenters. The Hall–Kier alpha value is -1.88. The number of carbonyl (C=O) groups excluding carboxylic acids is 1. The molecule has 1 amide bonds. The van der Waals surface area contributed by atoms with Gasteiger partial charge in [0.15, 0.2) is 11.5 Å². The predicted octanol–water partition coefficient (Wildman–Crippen LogP) is 2.75. The van der Waals surface area contributed by atoms with Crippen LogP contribution in [0.15, 0.2) is 22.6 Å². The number of amides is 1. The van der Waals surface area contributed by atoms with Gasteiger partial charge in [0.2, 0.25) is 5.91 Å². The van der Waals surface area contributed by atoms with Crippen LogP contribution in [0.4, 0.5) is 5.69 Å². The van der Waals surface area contributed by atoms with Crippen LogP contribution in [0.25, 0.3) is 11.1 Å². The molecule has 2 rings (SSSR count). The van der Waals surface area contributed by atoms with Crippen molar-refractivity contribution in [3.05, 3.63) is 24.1 Å². The van der Waals surface area contributed by atoms with Crippen molar-refractivity contribution >= 4 is 22.7 Å². The monoisotopic (exact) mass is 275 g/mol. The minimum atomic E-state index is -0.0840. The molecular weight excluding hydrogens is 254 g/mol. The van der Waals surface area contributed by atoms with Gasteiger partial charge in [-0.25, -0.2) is 4.98 Å². The van der Waals surface area contributed by atoms with E-state index in [9.17, 15) is 4.79 Å². The van der Waals surface area contributed by atoms with Crippen LogP contribution in [-0.2, 0) is 4.79 Å². The number of rotatable bonds is 5. The Balaban J connectivity index is 2.17. The van der Waals surface area contributed by atoms with Gasteiger partial charge in [-0.05, 0) is 25.2 Å². The lowest BCUT2D eigenvalue weighted by Crippen LogP contribution is -2.28. The Kier molecular flexibility index (Phi) is 4.39. The van der Waals surface area contributed by atoms with Crippen LogP contribution < -0.4 is 10.6 Å². The number of oxazole rings is 1. The molecule has 1 aromatic heterocycles. The standard InChI is InChI=1S/C15H21N3O2/c1-9(2)15-18-12-7-11(5-6-13(12)20-15)17-14(19)10(3)8-16-4/h5-7,9-10,16H,8H2,1-4H3,(H,17,19). The lowest BCUT2D eigenvalue weighted by Gasteiger charge is -2.11. The molecule has 0 saturated heterocycles. The van der Waals surface area contributed by atoms with Crippen molar-refractivity contribution in [2.45, 2.75) is 26.7 Å². The Labute approximate surface area is 118 Å². The first-order chi connectivity index (χ1) is 9.51. The van der Waals surface area contributed by atoms with Crippen molar-refractivity contribution < 1.29 is 9.21 Å². The van der Waals surface area contributed by atoms with E-state index in [4.69, 9.17) is 4.42 Å². The fraction of sp³-hybridized carbons (Fsp3) is 0.467. The molecule has 1 aromatic carbocycles. The molecule has 1 atom stereocenters. The van der Waals surface area contributed by atoms with Crippen molar-refractivity contribution in [3.63, 3.8) is 0 Å². The average molecular weight is 275 g/mol. The summed E-state index contributed by atoms with van der Waals surface area (Å²) in [6, 6.07) is 5.52. The second kappa shape index (κ2) is 6.05. The molecule has 5 nitrogen and oxygen atoms in total. The first kappa shape index (κ1) is 14.5. The van der Waals surface area contributed by atoms with Crippen molar-refractivity contribution in [2.75, 3.05) is 18.9 Å². The van der Waals surface area contributed by atoms with E-state index in [2.05, 4.69) is 15.6 Å². The van der Waals surface area contributed by atoms with Crippen molar-refractivity contribution in [3.8, 4) is 0 Å². The van der Waals surface area contributed by atoms with Crippen LogP contribution in [0.2, 0.25) is 0 Å². The summed E-state index contributed by atoms with van der Waals surface area (Å²) in [5, 5.41) is 5.89. The Morgan fingerprint density at radius 3 is 2.75 bits per heavy atom. The highest BCUT2D eigenvalue weighted by atomic mass is 16.3. The minimum absolute atomic E-state index is 0.00808. The molecule has 0 radical (unpaired) electrons. The quantitative estimate of drug-likeness (QED) is 0.880. The molecule has 0 aliphatic carbocycles. The number of benzene rings is 1. The van der Waals surface area contributed by atoms with E-state index in [0.717, 1.165) is 16.8 Å². The van der Waals surface area contributed by atoms with Gasteiger partial charge in [-0.15, -0.1) is 0 Å². The van der Waals surface area contributed by atoms with Crippen LogP contribution in [0.3, 0.4) is 0 Å². The van der Waals surface area contributed by atoms with Gasteiger partial charge in [0.05, 0.1) is 0 Å². The summed E-state index contributed by atoms with van der Waals surface area (Å²) in [6.07, 6.45) is 0. The van der Waals surface area contributed by atoms with Gasteiger partial charge in [0.25, 0.3) is 0 Å². The minimum Gasteiger partial charge on any atom is -0.440 e. The molecule has 0 saturated carbocycles. The van der Waals surface area contributed by atoms with Gasteiger partial charge < -0.3 is 15.1 Å². The van der Waals surface area contributed by atoms with Crippen molar-refractivity contribution in [2.24, 2.45) is 5.92 Å². The number of aromatic nitrogens is 1. The molecule has 0 fully saturated rings. The number of hydrogen-bond donors (Lipinski definition) is 2. The zero-order chi connectivity index (χ0) is 14.7. The third kappa shape index (κ3) is 3.17. The van der Waals surface area contributed by atoms with Crippen LogP contribution in [0.1, 0.15) is 32.6 Å². The van der Waals surface area contributed by atoms with E-state index in [0.29, 0.717) is 12.4 Å². The smallest absolute Gasteiger partial charge is 0.228 e. The molecule has 1 heterocycles. The topological polar surface area (TPSA) is 67.2 Å². The maximum Gasteiger partial charge on any atom is 0.228 e. The highest BCUT2D eigenvalue weighted by molar-refractivity contribution is 5.94. The molecule has 0 aliphatic heterocycles. The second-order valence-electron chi connectivity index (χ2n) is 5.34. The summed E-state index contributed by atoms with van der Waals surface area (Å²) in [7, 11) is 1.83. The summed E-state index contributed by atoms with van der Waals surface area (Å²) in [4.78, 5) is 16.4. The summed E-state index contributed by atoms with van der Waals surface area (Å²) < 4.78 is 5.64. The number of carbonyl (C=O) groups is 1. The summed E-state index contributed by atoms with van der Waals surface area (Å²) in [6.45, 7) is 6.60. The van der Waals surface area contributed by atoms with Crippen molar-refractivity contribution in [1.29, 1.82) is 0 Å². The Morgan fingerprint density at radius 2 is 2.10 bits per heavy atom. The molecule has 0 bridgehead atoms. The summed E-state index contributed by atoms with van der Waals surface area (Å²) in [5.74, 6) is 0.869. The third-order valence-electron chi connectivity index (χ3n) is 3.12. The molecule has 0 spiro atoms. The molecule has 108 valence electrons. The van der Waals surface area contributed by atoms with E-state index >= 15 is 0 Å². The highest BCUT2D eigenvalue weighted by Crippen LogP contribution is 2.23. The normalized spacial score (nSPS) is 12.8. The fourth-order valence-electron chi connectivity index (χ4n) is 1.93. The first-order valence-electron chi connectivity index (χ1n) is 6.87. The summed E-state index contributed by atoms with van der Waals surface area (Å²) in [5.41, 5.74) is 2.26. The highest BCUT2D eigenvalue weighted by Gasteiger charge is 2.13. The SMILES string of the molecule is CNCC(C)C(=O)Nc1ccc2oc(C(C)C)nc2c1. The molecule has 0 aliphatic rings. The second-order valence-corrected chi connectivity index (χ2v) is 5.34. The lowest BCUT2D eigenvalue weighted by molar-refractivity contribution is -0.119. The van der Waals surface area contributed by atoms with Gasteiger partial charge in [-0.1, -0.05) is 20.8 Å². The van der Waals surface area contributed by atoms with E-state index in [1.54, 1.807) is 0 Å². The number of anilines is 1. The molecule has 5 heteroatoms. The van der Waals surface area contributed by atoms with Gasteiger partial charge in [0.1, 0.15) is 5.52 Å². The van der Waals surface area contributed by atoms with Crippen molar-refractivity contribution in [1.82, 2.24) is 10.3 Å². The van der Waals surface area contributed by atoms with E-state index in [-0.39, 0.29) is 17.7 Å². The number of fused-ring (bicyclic) bond motifs is 1. The zero-order valence-electron chi connectivity index (χ0n) is 12.4. The van der Waals surface area contributed by atoms with E-state index in [1.165, 1.54) is 0 Å². The van der Waals surface area contributed by atoms with Crippen LogP contribution in [-0.4, -0.2) is 24.5 Å². The fourth-order valence-corrected chi connectivity index (χ4v) is 1.93. The zero-order valence-corrected chi connectivity index (χ0v) is 12.4. The number of nitrogens with one attached hydrogen (secondary N) is 2. The molecule has 2 N–H and O–H groups in total. The molecule has 2 aromatic rings. The summed E-state index contributed by atoms with van der Waals surface area (Å²) >= 11 is 0. The maximum absolute atomic E-state index is 12.0. The van der Waals surface area contributed by atoms with Crippen LogP contribution in [0.5, 0.6) is 0 Å². The van der Waals surface area contributed by atoms with E-state index in [1.807, 2.05) is 46.0 Å². The third-order valence-corrected chi connectivity index (χ3v) is 3.12. The van der Waals surface area contributed by atoms with Gasteiger partial charge >= 0.3 is 0 Å². The van der Waals surface area contributed by atoms with E-state index < -0.39 is 0 Å². The molecule has 20 heavy (non-hydrogen) atoms. The number of nitrogens with zero attached hydrogens (tertiary/aromatic N) is 1. The lowest BCUT2D eigenvalue weighted by atomic mass is 10.1. The van der Waals surface area contributed by atoms with Gasteiger partial charge in [-0.3, -0.25) is 4.79 Å². The van der Waals surface area contributed by atoms with Gasteiger partial charge in [-0.2, -0.15) is 0 Å².